The zero-order valence-corrected chi connectivity index (χ0v) is 18.7. The molecule has 0 bridgehead atoms. The van der Waals surface area contributed by atoms with Crippen molar-refractivity contribution >= 4 is 29.1 Å². The molecule has 33 heavy (non-hydrogen) atoms. The van der Waals surface area contributed by atoms with Crippen LogP contribution in [0, 0.1) is 5.82 Å². The third kappa shape index (κ3) is 4.40. The van der Waals surface area contributed by atoms with Crippen molar-refractivity contribution in [2.24, 2.45) is 7.05 Å². The lowest BCUT2D eigenvalue weighted by Crippen LogP contribution is -2.35. The van der Waals surface area contributed by atoms with Crippen LogP contribution in [-0.4, -0.2) is 37.6 Å². The largest absolute Gasteiger partial charge is 0.373 e. The maximum atomic E-state index is 15.3. The summed E-state index contributed by atoms with van der Waals surface area (Å²) in [7, 11) is 1.81. The van der Waals surface area contributed by atoms with E-state index < -0.39 is 6.23 Å². The lowest BCUT2D eigenvalue weighted by atomic mass is 10.0. The van der Waals surface area contributed by atoms with Crippen molar-refractivity contribution < 1.29 is 9.50 Å². The normalized spacial score (nSPS) is 13.8. The zero-order valence-electron chi connectivity index (χ0n) is 17.9. The van der Waals surface area contributed by atoms with Gasteiger partial charge in [-0.05, 0) is 47.9 Å². The van der Waals surface area contributed by atoms with Crippen molar-refractivity contribution in [3.8, 4) is 11.3 Å². The van der Waals surface area contributed by atoms with E-state index in [0.29, 0.717) is 47.3 Å². The Kier molecular flexibility index (Phi) is 5.70. The second kappa shape index (κ2) is 8.80. The summed E-state index contributed by atoms with van der Waals surface area (Å²) in [6, 6.07) is 14.3. The Balaban J connectivity index is 1.38. The summed E-state index contributed by atoms with van der Waals surface area (Å²) in [5.74, 6) is 0.768. The van der Waals surface area contributed by atoms with Crippen LogP contribution in [0.1, 0.15) is 11.1 Å². The molecule has 1 aliphatic heterocycles. The molecule has 4 aromatic rings. The van der Waals surface area contributed by atoms with Gasteiger partial charge in [-0.3, -0.25) is 4.68 Å². The van der Waals surface area contributed by atoms with Crippen LogP contribution in [0.25, 0.3) is 11.3 Å². The van der Waals surface area contributed by atoms with Crippen molar-refractivity contribution in [3.05, 3.63) is 82.9 Å². The Labute approximate surface area is 195 Å². The SMILES string of the molecule is Cn1nccc1Nc1nccc(-c2cc(F)c3c(c2)CCN3C(O)Cc2ccc(Cl)cc2)n1. The molecule has 0 radical (unpaired) electrons. The van der Waals surface area contributed by atoms with Gasteiger partial charge < -0.3 is 15.3 Å². The summed E-state index contributed by atoms with van der Waals surface area (Å²) in [5.41, 5.74) is 3.50. The number of hydrogen-bond acceptors (Lipinski definition) is 6. The van der Waals surface area contributed by atoms with Gasteiger partial charge in [0.2, 0.25) is 5.95 Å². The smallest absolute Gasteiger partial charge is 0.228 e. The van der Waals surface area contributed by atoms with Gasteiger partial charge in [-0.25, -0.2) is 14.4 Å². The number of aliphatic hydroxyl groups excluding tert-OH is 1. The van der Waals surface area contributed by atoms with Gasteiger partial charge in [-0.15, -0.1) is 0 Å². The lowest BCUT2D eigenvalue weighted by Gasteiger charge is -2.26. The average molecular weight is 465 g/mol. The molecular weight excluding hydrogens is 443 g/mol. The van der Waals surface area contributed by atoms with Gasteiger partial charge in [0, 0.05) is 42.9 Å². The van der Waals surface area contributed by atoms with Gasteiger partial charge in [0.25, 0.3) is 0 Å². The highest BCUT2D eigenvalue weighted by Gasteiger charge is 2.29. The summed E-state index contributed by atoms with van der Waals surface area (Å²) in [6.07, 6.45) is 3.50. The summed E-state index contributed by atoms with van der Waals surface area (Å²) >= 11 is 5.94. The Bertz CT molecular complexity index is 1290. The molecule has 7 nitrogen and oxygen atoms in total. The predicted octanol–water partition coefficient (Wildman–Crippen LogP) is 4.34. The first-order valence-corrected chi connectivity index (χ1v) is 11.0. The van der Waals surface area contributed by atoms with Crippen molar-refractivity contribution in [2.75, 3.05) is 16.8 Å². The molecule has 1 unspecified atom stereocenters. The monoisotopic (exact) mass is 464 g/mol. The van der Waals surface area contributed by atoms with E-state index in [1.165, 1.54) is 6.07 Å². The van der Waals surface area contributed by atoms with Crippen molar-refractivity contribution in [3.63, 3.8) is 0 Å². The average Bonchev–Trinajstić information content (AvgIpc) is 3.42. The molecule has 5 rings (SSSR count). The number of anilines is 3. The Morgan fingerprint density at radius 1 is 1.15 bits per heavy atom. The number of aromatic nitrogens is 4. The van der Waals surface area contributed by atoms with Crippen LogP contribution >= 0.6 is 11.6 Å². The number of hydrogen-bond donors (Lipinski definition) is 2. The Morgan fingerprint density at radius 3 is 2.73 bits per heavy atom. The van der Waals surface area contributed by atoms with Gasteiger partial charge in [-0.2, -0.15) is 5.10 Å². The zero-order chi connectivity index (χ0) is 22.9. The first-order valence-electron chi connectivity index (χ1n) is 10.6. The molecule has 0 amide bonds. The van der Waals surface area contributed by atoms with E-state index in [0.717, 1.165) is 16.9 Å². The number of aliphatic hydroxyl groups is 1. The minimum absolute atomic E-state index is 0.380. The highest BCUT2D eigenvalue weighted by atomic mass is 35.5. The quantitative estimate of drug-likeness (QED) is 0.442. The molecule has 2 aromatic carbocycles. The summed E-state index contributed by atoms with van der Waals surface area (Å²) in [5, 5.41) is 18.7. The van der Waals surface area contributed by atoms with Crippen LogP contribution in [0.15, 0.2) is 60.9 Å². The van der Waals surface area contributed by atoms with E-state index >= 15 is 4.39 Å². The van der Waals surface area contributed by atoms with Gasteiger partial charge >= 0.3 is 0 Å². The molecule has 0 aliphatic carbocycles. The van der Waals surface area contributed by atoms with Crippen molar-refractivity contribution in [1.82, 2.24) is 19.7 Å². The van der Waals surface area contributed by atoms with E-state index in [-0.39, 0.29) is 5.82 Å². The van der Waals surface area contributed by atoms with Crippen LogP contribution < -0.4 is 10.2 Å². The van der Waals surface area contributed by atoms with Crippen LogP contribution in [0.5, 0.6) is 0 Å². The fourth-order valence-corrected chi connectivity index (χ4v) is 4.23. The number of nitrogens with zero attached hydrogens (tertiary/aromatic N) is 5. The second-order valence-electron chi connectivity index (χ2n) is 7.95. The van der Waals surface area contributed by atoms with Crippen molar-refractivity contribution in [2.45, 2.75) is 19.1 Å². The predicted molar refractivity (Wildman–Crippen MR) is 126 cm³/mol. The maximum absolute atomic E-state index is 15.3. The number of aryl methyl sites for hydroxylation is 1. The van der Waals surface area contributed by atoms with Crippen molar-refractivity contribution in [1.29, 1.82) is 0 Å². The molecule has 3 heterocycles. The van der Waals surface area contributed by atoms with Gasteiger partial charge in [-0.1, -0.05) is 23.7 Å². The van der Waals surface area contributed by atoms with Crippen LogP contribution in [0.2, 0.25) is 5.02 Å². The topological polar surface area (TPSA) is 79.1 Å². The van der Waals surface area contributed by atoms with E-state index in [2.05, 4.69) is 20.4 Å². The van der Waals surface area contributed by atoms with Gasteiger partial charge in [0.1, 0.15) is 17.9 Å². The highest BCUT2D eigenvalue weighted by molar-refractivity contribution is 6.30. The first kappa shape index (κ1) is 21.4. The standard InChI is InChI=1S/C24H22ClFN6O/c1-31-21(7-10-28-31)30-24-27-9-6-20(29-24)17-13-16-8-11-32(23(16)19(26)14-17)22(33)12-15-2-4-18(25)5-3-15/h2-7,9-10,13-14,22,33H,8,11-12H2,1H3,(H,27,29,30). The molecular formula is C24H22ClFN6O. The van der Waals surface area contributed by atoms with E-state index in [9.17, 15) is 5.11 Å². The Morgan fingerprint density at radius 2 is 1.97 bits per heavy atom. The Hall–Kier alpha value is -3.49. The highest BCUT2D eigenvalue weighted by Crippen LogP contribution is 2.36. The van der Waals surface area contributed by atoms with Gasteiger partial charge in [0.15, 0.2) is 0 Å². The fourth-order valence-electron chi connectivity index (χ4n) is 4.10. The molecule has 0 saturated carbocycles. The number of nitrogens with one attached hydrogen (secondary N) is 1. The van der Waals surface area contributed by atoms with Crippen LogP contribution in [0.4, 0.5) is 21.8 Å². The van der Waals surface area contributed by atoms with Gasteiger partial charge in [0.05, 0.1) is 17.6 Å². The van der Waals surface area contributed by atoms with E-state index in [4.69, 9.17) is 11.6 Å². The number of rotatable bonds is 6. The molecule has 9 heteroatoms. The molecule has 2 aromatic heterocycles. The van der Waals surface area contributed by atoms with E-state index in [1.807, 2.05) is 31.3 Å². The molecule has 168 valence electrons. The third-order valence-electron chi connectivity index (χ3n) is 5.76. The van der Waals surface area contributed by atoms with Crippen LogP contribution in [-0.2, 0) is 19.9 Å². The molecule has 0 fully saturated rings. The van der Waals surface area contributed by atoms with E-state index in [1.54, 1.807) is 40.2 Å². The molecule has 2 N–H and O–H groups in total. The minimum Gasteiger partial charge on any atom is -0.373 e. The fraction of sp³-hybridized carbons (Fsp3) is 0.208. The second-order valence-corrected chi connectivity index (χ2v) is 8.39. The molecule has 1 atom stereocenters. The first-order chi connectivity index (χ1) is 16.0. The summed E-state index contributed by atoms with van der Waals surface area (Å²) < 4.78 is 16.9. The number of fused-ring (bicyclic) bond motifs is 1. The minimum atomic E-state index is -0.832. The molecule has 0 spiro atoms. The molecule has 0 saturated heterocycles. The lowest BCUT2D eigenvalue weighted by molar-refractivity contribution is 0.170. The third-order valence-corrected chi connectivity index (χ3v) is 6.01. The summed E-state index contributed by atoms with van der Waals surface area (Å²) in [4.78, 5) is 10.5. The summed E-state index contributed by atoms with van der Waals surface area (Å²) in [6.45, 7) is 0.543. The maximum Gasteiger partial charge on any atom is 0.228 e. The molecule has 1 aliphatic rings. The van der Waals surface area contributed by atoms with Crippen LogP contribution in [0.3, 0.4) is 0 Å². The number of benzene rings is 2. The number of halogens is 2.